The summed E-state index contributed by atoms with van der Waals surface area (Å²) < 4.78 is 56.8. The van der Waals surface area contributed by atoms with Crippen LogP contribution in [-0.2, 0) is 28.5 Å². The highest BCUT2D eigenvalue weighted by Crippen LogP contribution is 2.35. The van der Waals surface area contributed by atoms with Gasteiger partial charge in [-0.1, -0.05) is 23.7 Å². The Hall–Kier alpha value is -3.76. The Morgan fingerprint density at radius 2 is 1.44 bits per heavy atom. The number of carbonyl (C=O) groups excluding carboxylic acids is 3. The highest BCUT2D eigenvalue weighted by Gasteiger charge is 2.29. The minimum atomic E-state index is -0.900. The van der Waals surface area contributed by atoms with Gasteiger partial charge in [-0.25, -0.2) is 8.78 Å². The van der Waals surface area contributed by atoms with Gasteiger partial charge in [-0.15, -0.1) is 0 Å². The number of amides is 2. The van der Waals surface area contributed by atoms with Crippen LogP contribution in [0.2, 0.25) is 5.02 Å². The Kier molecular flexibility index (Phi) is 16.6. The minimum Gasteiger partial charge on any atom is -0.378 e. The van der Waals surface area contributed by atoms with E-state index in [1.807, 2.05) is 0 Å². The minimum absolute atomic E-state index is 0.0584. The second-order valence-electron chi connectivity index (χ2n) is 10.4. The number of rotatable bonds is 23. The SMILES string of the molecule is Cc1c(F)ccc(F)c1-c1c(C(=O)N[C@@H](CC(N)=O)c2cccc(Cl)c2)c[nH]c1C(=O)COCCOCCOCCOCCOCCN. The summed E-state index contributed by atoms with van der Waals surface area (Å²) in [7, 11) is 0. The van der Waals surface area contributed by atoms with Crippen molar-refractivity contribution >= 4 is 29.2 Å². The zero-order valence-corrected chi connectivity index (χ0v) is 27.4. The molecule has 0 bridgehead atoms. The normalized spacial score (nSPS) is 11.9. The van der Waals surface area contributed by atoms with Gasteiger partial charge in [0.2, 0.25) is 11.7 Å². The number of benzene rings is 2. The van der Waals surface area contributed by atoms with Crippen molar-refractivity contribution < 1.29 is 46.8 Å². The molecule has 0 saturated carbocycles. The van der Waals surface area contributed by atoms with Gasteiger partial charge in [-0.05, 0) is 42.3 Å². The molecule has 2 amide bonds. The van der Waals surface area contributed by atoms with E-state index >= 15 is 4.39 Å². The third kappa shape index (κ3) is 12.0. The van der Waals surface area contributed by atoms with Gasteiger partial charge in [-0.3, -0.25) is 14.4 Å². The quantitative estimate of drug-likeness (QED) is 0.0855. The first-order chi connectivity index (χ1) is 23.1. The van der Waals surface area contributed by atoms with Crippen molar-refractivity contribution in [3.8, 4) is 11.1 Å². The molecule has 0 fully saturated rings. The van der Waals surface area contributed by atoms with E-state index in [9.17, 15) is 18.8 Å². The number of ketones is 1. The van der Waals surface area contributed by atoms with Crippen molar-refractivity contribution in [1.29, 1.82) is 0 Å². The molecular formula is C33H41ClF2N4O8. The summed E-state index contributed by atoms with van der Waals surface area (Å²) in [5.74, 6) is -3.67. The summed E-state index contributed by atoms with van der Waals surface area (Å²) in [6.45, 7) is 4.42. The smallest absolute Gasteiger partial charge is 0.253 e. The first kappa shape index (κ1) is 38.7. The third-order valence-corrected chi connectivity index (χ3v) is 7.18. The van der Waals surface area contributed by atoms with Gasteiger partial charge in [0.25, 0.3) is 5.91 Å². The first-order valence-electron chi connectivity index (χ1n) is 15.3. The summed E-state index contributed by atoms with van der Waals surface area (Å²) in [6.07, 6.45) is 0.943. The van der Waals surface area contributed by atoms with Crippen LogP contribution in [0.4, 0.5) is 8.78 Å². The summed E-state index contributed by atoms with van der Waals surface area (Å²) in [6, 6.07) is 7.44. The van der Waals surface area contributed by atoms with Crippen LogP contribution in [0, 0.1) is 18.6 Å². The Labute approximate surface area is 282 Å². The Morgan fingerprint density at radius 3 is 2.02 bits per heavy atom. The van der Waals surface area contributed by atoms with Crippen molar-refractivity contribution in [2.24, 2.45) is 11.5 Å². The lowest BCUT2D eigenvalue weighted by atomic mass is 9.94. The standard InChI is InChI=1S/C33H41ClF2N4O8/c1-21-25(35)5-6-26(36)30(21)31-24(33(43)40-27(18-29(38)42)22-3-2-4-23(34)17-22)19-39-32(31)28(41)20-48-16-15-47-14-13-46-12-11-45-10-9-44-8-7-37/h2-6,17,19,27,39H,7-16,18,20,37H2,1H3,(H2,38,42)(H,40,43)/t27-/m0/s1. The van der Waals surface area contributed by atoms with Crippen LogP contribution in [0.3, 0.4) is 0 Å². The highest BCUT2D eigenvalue weighted by atomic mass is 35.5. The van der Waals surface area contributed by atoms with Gasteiger partial charge in [0.1, 0.15) is 18.2 Å². The maximum atomic E-state index is 15.2. The van der Waals surface area contributed by atoms with Crippen LogP contribution < -0.4 is 16.8 Å². The van der Waals surface area contributed by atoms with Crippen molar-refractivity contribution in [2.45, 2.75) is 19.4 Å². The number of hydrogen-bond donors (Lipinski definition) is 4. The molecule has 0 aliphatic rings. The van der Waals surface area contributed by atoms with Crippen LogP contribution in [0.15, 0.2) is 42.6 Å². The fourth-order valence-electron chi connectivity index (χ4n) is 4.65. The third-order valence-electron chi connectivity index (χ3n) is 6.95. The molecule has 15 heteroatoms. The maximum absolute atomic E-state index is 15.2. The molecule has 0 aliphatic carbocycles. The predicted octanol–water partition coefficient (Wildman–Crippen LogP) is 3.49. The number of ether oxygens (including phenoxy) is 5. The second kappa shape index (κ2) is 20.6. The molecule has 48 heavy (non-hydrogen) atoms. The van der Waals surface area contributed by atoms with E-state index < -0.39 is 41.9 Å². The number of H-pyrrole nitrogens is 1. The summed E-state index contributed by atoms with van der Waals surface area (Å²) in [5, 5.41) is 3.07. The van der Waals surface area contributed by atoms with E-state index in [1.165, 1.54) is 13.1 Å². The van der Waals surface area contributed by atoms with Crippen LogP contribution in [-0.4, -0.2) is 95.2 Å². The van der Waals surface area contributed by atoms with Crippen LogP contribution in [0.25, 0.3) is 11.1 Å². The van der Waals surface area contributed by atoms with E-state index in [4.69, 9.17) is 46.8 Å². The van der Waals surface area contributed by atoms with Crippen molar-refractivity contribution in [3.05, 3.63) is 81.6 Å². The Bertz CT molecular complexity index is 1510. The molecule has 12 nitrogen and oxygen atoms in total. The largest absolute Gasteiger partial charge is 0.378 e. The predicted molar refractivity (Wildman–Crippen MR) is 174 cm³/mol. The Balaban J connectivity index is 1.62. The molecule has 1 heterocycles. The first-order valence-corrected chi connectivity index (χ1v) is 15.6. The zero-order valence-electron chi connectivity index (χ0n) is 26.7. The van der Waals surface area contributed by atoms with Gasteiger partial charge in [0.15, 0.2) is 0 Å². The van der Waals surface area contributed by atoms with Gasteiger partial charge < -0.3 is 45.5 Å². The van der Waals surface area contributed by atoms with E-state index in [2.05, 4.69) is 10.3 Å². The molecule has 2 aromatic carbocycles. The van der Waals surface area contributed by atoms with E-state index in [1.54, 1.807) is 24.3 Å². The fraction of sp³-hybridized carbons (Fsp3) is 0.424. The van der Waals surface area contributed by atoms with Gasteiger partial charge in [0.05, 0.1) is 83.2 Å². The monoisotopic (exact) mass is 694 g/mol. The van der Waals surface area contributed by atoms with Crippen molar-refractivity contribution in [1.82, 2.24) is 10.3 Å². The molecule has 0 radical (unpaired) electrons. The summed E-state index contributed by atoms with van der Waals surface area (Å²) in [5.41, 5.74) is 10.4. The lowest BCUT2D eigenvalue weighted by molar-refractivity contribution is -0.118. The number of aromatic nitrogens is 1. The molecule has 262 valence electrons. The lowest BCUT2D eigenvalue weighted by Crippen LogP contribution is -2.32. The molecule has 0 saturated heterocycles. The lowest BCUT2D eigenvalue weighted by Gasteiger charge is -2.19. The molecule has 1 aromatic heterocycles. The summed E-state index contributed by atoms with van der Waals surface area (Å²) >= 11 is 6.11. The molecule has 1 atom stereocenters. The number of primary amides is 1. The summed E-state index contributed by atoms with van der Waals surface area (Å²) in [4.78, 5) is 41.5. The Morgan fingerprint density at radius 1 is 0.854 bits per heavy atom. The van der Waals surface area contributed by atoms with Gasteiger partial charge in [0, 0.05) is 28.9 Å². The van der Waals surface area contributed by atoms with Crippen LogP contribution in [0.5, 0.6) is 0 Å². The topological polar surface area (TPSA) is 177 Å². The second-order valence-corrected chi connectivity index (χ2v) is 10.9. The van der Waals surface area contributed by atoms with E-state index in [-0.39, 0.29) is 47.6 Å². The van der Waals surface area contributed by atoms with Crippen LogP contribution in [0.1, 0.15) is 44.4 Å². The molecule has 0 aliphatic heterocycles. The van der Waals surface area contributed by atoms with E-state index in [0.717, 1.165) is 12.1 Å². The number of nitrogens with one attached hydrogen (secondary N) is 2. The average molecular weight is 695 g/mol. The molecule has 0 unspecified atom stereocenters. The fourth-order valence-corrected chi connectivity index (χ4v) is 4.85. The van der Waals surface area contributed by atoms with Crippen LogP contribution >= 0.6 is 11.6 Å². The van der Waals surface area contributed by atoms with E-state index in [0.29, 0.717) is 63.4 Å². The maximum Gasteiger partial charge on any atom is 0.253 e. The molecule has 3 aromatic rings. The molecular weight excluding hydrogens is 654 g/mol. The number of carbonyl (C=O) groups is 3. The molecule has 0 spiro atoms. The zero-order chi connectivity index (χ0) is 34.9. The van der Waals surface area contributed by atoms with Gasteiger partial charge >= 0.3 is 0 Å². The highest BCUT2D eigenvalue weighted by molar-refractivity contribution is 6.30. The van der Waals surface area contributed by atoms with Crippen molar-refractivity contribution in [3.63, 3.8) is 0 Å². The number of nitrogens with two attached hydrogens (primary N) is 2. The molecule has 6 N–H and O–H groups in total. The number of hydrogen-bond acceptors (Lipinski definition) is 9. The number of Topliss-reactive ketones (excluding diaryl/α,β-unsaturated/α-hetero) is 1. The van der Waals surface area contributed by atoms with Gasteiger partial charge in [-0.2, -0.15) is 0 Å². The molecule has 3 rings (SSSR count). The van der Waals surface area contributed by atoms with Crippen molar-refractivity contribution in [2.75, 3.05) is 72.6 Å². The number of aromatic amines is 1. The number of halogens is 3. The average Bonchev–Trinajstić information content (AvgIpc) is 3.49.